The van der Waals surface area contributed by atoms with E-state index >= 15 is 0 Å². The van der Waals surface area contributed by atoms with E-state index in [0.29, 0.717) is 10.7 Å². The van der Waals surface area contributed by atoms with Crippen LogP contribution in [-0.2, 0) is 6.18 Å². The van der Waals surface area contributed by atoms with Crippen LogP contribution >= 0.6 is 11.3 Å². The van der Waals surface area contributed by atoms with Gasteiger partial charge in [0.2, 0.25) is 0 Å². The molecule has 0 saturated heterocycles. The number of nitrogens with zero attached hydrogens (tertiary/aromatic N) is 3. The van der Waals surface area contributed by atoms with Crippen molar-refractivity contribution in [3.05, 3.63) is 53.5 Å². The third kappa shape index (κ3) is 3.01. The van der Waals surface area contributed by atoms with E-state index in [4.69, 9.17) is 0 Å². The number of alkyl halides is 3. The van der Waals surface area contributed by atoms with Gasteiger partial charge in [0.15, 0.2) is 5.69 Å². The number of aromatic amines is 1. The number of aromatic carboxylic acids is 1. The third-order valence-electron chi connectivity index (χ3n) is 4.15. The van der Waals surface area contributed by atoms with Crippen LogP contribution in [0.3, 0.4) is 0 Å². The topological polar surface area (TPSA) is 91.8 Å². The molecule has 0 aliphatic heterocycles. The van der Waals surface area contributed by atoms with Crippen molar-refractivity contribution in [3.63, 3.8) is 0 Å². The highest BCUT2D eigenvalue weighted by atomic mass is 32.1. The first-order valence-corrected chi connectivity index (χ1v) is 8.79. The van der Waals surface area contributed by atoms with Gasteiger partial charge in [-0.25, -0.2) is 9.78 Å². The van der Waals surface area contributed by atoms with Crippen molar-refractivity contribution in [2.45, 2.75) is 13.1 Å². The Morgan fingerprint density at radius 3 is 2.64 bits per heavy atom. The fourth-order valence-corrected chi connectivity index (χ4v) is 3.86. The Morgan fingerprint density at radius 1 is 1.21 bits per heavy atom. The van der Waals surface area contributed by atoms with Crippen LogP contribution in [0.1, 0.15) is 21.7 Å². The van der Waals surface area contributed by atoms with Crippen LogP contribution in [0.25, 0.3) is 32.0 Å². The molecule has 28 heavy (non-hydrogen) atoms. The second kappa shape index (κ2) is 6.41. The molecule has 0 saturated carbocycles. The van der Waals surface area contributed by atoms with E-state index in [2.05, 4.69) is 20.2 Å². The number of fused-ring (bicyclic) bond motifs is 1. The summed E-state index contributed by atoms with van der Waals surface area (Å²) in [7, 11) is 0. The molecule has 3 heterocycles. The number of aryl methyl sites for hydroxylation is 1. The summed E-state index contributed by atoms with van der Waals surface area (Å²) in [6, 6.07) is 7.59. The first-order chi connectivity index (χ1) is 13.3. The number of thiazole rings is 1. The number of nitrogens with one attached hydrogen (secondary N) is 1. The molecule has 0 aliphatic rings. The lowest BCUT2D eigenvalue weighted by Crippen LogP contribution is -2.07. The SMILES string of the molecule is Cc1cccc2c(-c3nc(C(=O)O)c(-c4ccc(C(F)(F)F)nc4)s3)[nH]nc12. The van der Waals surface area contributed by atoms with Gasteiger partial charge in [-0.15, -0.1) is 11.3 Å². The molecule has 3 aromatic heterocycles. The van der Waals surface area contributed by atoms with E-state index in [9.17, 15) is 23.1 Å². The van der Waals surface area contributed by atoms with Crippen LogP contribution in [0, 0.1) is 6.92 Å². The van der Waals surface area contributed by atoms with E-state index < -0.39 is 17.8 Å². The normalized spacial score (nSPS) is 11.9. The smallest absolute Gasteiger partial charge is 0.433 e. The minimum absolute atomic E-state index is 0.221. The number of hydrogen-bond acceptors (Lipinski definition) is 5. The molecule has 10 heteroatoms. The van der Waals surface area contributed by atoms with Gasteiger partial charge in [-0.2, -0.15) is 18.3 Å². The van der Waals surface area contributed by atoms with Gasteiger partial charge in [-0.3, -0.25) is 10.1 Å². The Morgan fingerprint density at radius 2 is 2.00 bits per heavy atom. The number of H-pyrrole nitrogens is 1. The number of pyridine rings is 1. The fraction of sp³-hybridized carbons (Fsp3) is 0.111. The van der Waals surface area contributed by atoms with Crippen LogP contribution in [0.15, 0.2) is 36.5 Å². The number of halogens is 3. The van der Waals surface area contributed by atoms with Gasteiger partial charge >= 0.3 is 12.1 Å². The van der Waals surface area contributed by atoms with Crippen molar-refractivity contribution < 1.29 is 23.1 Å². The summed E-state index contributed by atoms with van der Waals surface area (Å²) in [4.78, 5) is 19.4. The highest BCUT2D eigenvalue weighted by Crippen LogP contribution is 2.38. The lowest BCUT2D eigenvalue weighted by Gasteiger charge is -2.05. The summed E-state index contributed by atoms with van der Waals surface area (Å²) in [6.07, 6.45) is -3.57. The summed E-state index contributed by atoms with van der Waals surface area (Å²) >= 11 is 1.05. The number of carbonyl (C=O) groups is 1. The summed E-state index contributed by atoms with van der Waals surface area (Å²) < 4.78 is 38.2. The fourth-order valence-electron chi connectivity index (χ4n) is 2.81. The number of carboxylic acids is 1. The molecule has 0 aliphatic carbocycles. The molecule has 142 valence electrons. The monoisotopic (exact) mass is 404 g/mol. The first-order valence-electron chi connectivity index (χ1n) is 7.97. The number of hydrogen-bond donors (Lipinski definition) is 2. The van der Waals surface area contributed by atoms with Crippen molar-refractivity contribution >= 4 is 28.2 Å². The highest BCUT2D eigenvalue weighted by Gasteiger charge is 2.32. The Kier molecular flexibility index (Phi) is 4.15. The molecule has 1 aromatic carbocycles. The molecule has 2 N–H and O–H groups in total. The maximum Gasteiger partial charge on any atom is 0.433 e. The quantitative estimate of drug-likeness (QED) is 0.513. The number of rotatable bonds is 3. The predicted molar refractivity (Wildman–Crippen MR) is 97.1 cm³/mol. The third-order valence-corrected chi connectivity index (χ3v) is 5.27. The Hall–Kier alpha value is -3.27. The van der Waals surface area contributed by atoms with Gasteiger partial charge in [0.05, 0.1) is 10.4 Å². The highest BCUT2D eigenvalue weighted by molar-refractivity contribution is 7.18. The van der Waals surface area contributed by atoms with Crippen molar-refractivity contribution in [1.82, 2.24) is 20.2 Å². The van der Waals surface area contributed by atoms with Gasteiger partial charge in [0, 0.05) is 17.1 Å². The van der Waals surface area contributed by atoms with Gasteiger partial charge in [-0.05, 0) is 24.6 Å². The van der Waals surface area contributed by atoms with E-state index in [1.54, 1.807) is 0 Å². The predicted octanol–water partition coefficient (Wildman–Crippen LogP) is 4.77. The standard InChI is InChI=1S/C18H11F3N4O2S/c1-8-3-2-4-10-12(8)24-25-13(10)16-23-14(17(26)27)15(28-16)9-5-6-11(22-7-9)18(19,20)21/h2-7H,1H3,(H,24,25)(H,26,27). The average molecular weight is 404 g/mol. The van der Waals surface area contributed by atoms with Gasteiger partial charge in [-0.1, -0.05) is 18.2 Å². The van der Waals surface area contributed by atoms with Crippen molar-refractivity contribution in [1.29, 1.82) is 0 Å². The second-order valence-electron chi connectivity index (χ2n) is 6.00. The molecule has 0 atom stereocenters. The van der Waals surface area contributed by atoms with Gasteiger partial charge < -0.3 is 5.11 Å². The zero-order valence-corrected chi connectivity index (χ0v) is 15.0. The molecule has 0 spiro atoms. The molecule has 6 nitrogen and oxygen atoms in total. The minimum Gasteiger partial charge on any atom is -0.476 e. The van der Waals surface area contributed by atoms with E-state index in [0.717, 1.165) is 40.1 Å². The number of aromatic nitrogens is 4. The van der Waals surface area contributed by atoms with Crippen LogP contribution in [0.5, 0.6) is 0 Å². The van der Waals surface area contributed by atoms with E-state index in [1.807, 2.05) is 25.1 Å². The molecular formula is C18H11F3N4O2S. The van der Waals surface area contributed by atoms with Crippen LogP contribution in [-0.4, -0.2) is 31.2 Å². The molecule has 0 unspecified atom stereocenters. The summed E-state index contributed by atoms with van der Waals surface area (Å²) in [5, 5.41) is 17.8. The zero-order valence-electron chi connectivity index (χ0n) is 14.2. The molecule has 4 aromatic rings. The molecule has 0 bridgehead atoms. The van der Waals surface area contributed by atoms with Crippen LogP contribution in [0.2, 0.25) is 0 Å². The summed E-state index contributed by atoms with van der Waals surface area (Å²) in [5.41, 5.74) is 1.18. The maximum absolute atomic E-state index is 12.7. The maximum atomic E-state index is 12.7. The minimum atomic E-state index is -4.57. The second-order valence-corrected chi connectivity index (χ2v) is 7.00. The van der Waals surface area contributed by atoms with Gasteiger partial charge in [0.25, 0.3) is 0 Å². The Labute approximate surface area is 159 Å². The van der Waals surface area contributed by atoms with Crippen molar-refractivity contribution in [2.24, 2.45) is 0 Å². The van der Waals surface area contributed by atoms with Gasteiger partial charge in [0.1, 0.15) is 16.4 Å². The van der Waals surface area contributed by atoms with Crippen LogP contribution < -0.4 is 0 Å². The van der Waals surface area contributed by atoms with E-state index in [1.165, 1.54) is 6.07 Å². The molecule has 0 radical (unpaired) electrons. The number of para-hydroxylation sites is 1. The summed E-state index contributed by atoms with van der Waals surface area (Å²) in [5.74, 6) is -1.28. The Balaban J connectivity index is 1.84. The lowest BCUT2D eigenvalue weighted by atomic mass is 10.1. The molecule has 0 fully saturated rings. The van der Waals surface area contributed by atoms with Crippen molar-refractivity contribution in [2.75, 3.05) is 0 Å². The average Bonchev–Trinajstić information content (AvgIpc) is 3.26. The number of benzene rings is 1. The largest absolute Gasteiger partial charge is 0.476 e. The zero-order chi connectivity index (χ0) is 20.1. The molecule has 4 rings (SSSR count). The lowest BCUT2D eigenvalue weighted by molar-refractivity contribution is -0.141. The number of carboxylic acid groups (broad SMARTS) is 1. The van der Waals surface area contributed by atoms with Crippen LogP contribution in [0.4, 0.5) is 13.2 Å². The van der Waals surface area contributed by atoms with Crippen molar-refractivity contribution in [3.8, 4) is 21.1 Å². The van der Waals surface area contributed by atoms with E-state index in [-0.39, 0.29) is 16.1 Å². The summed E-state index contributed by atoms with van der Waals surface area (Å²) in [6.45, 7) is 1.90. The molecular weight excluding hydrogens is 393 g/mol. The Bertz CT molecular complexity index is 1200. The molecule has 0 amide bonds. The first kappa shape index (κ1) is 18.1.